The number of nitrogen functional groups attached to an aromatic ring is 1. The van der Waals surface area contributed by atoms with Crippen LogP contribution in [0.25, 0.3) is 11.4 Å². The van der Waals surface area contributed by atoms with E-state index in [9.17, 15) is 8.78 Å². The van der Waals surface area contributed by atoms with Crippen molar-refractivity contribution < 1.29 is 13.9 Å². The highest BCUT2D eigenvalue weighted by molar-refractivity contribution is 5.59. The molecule has 18 heavy (non-hydrogen) atoms. The SMILES string of the molecule is Cc1nc(-c2ccc(O)c(F)c2)nc(NN)c1F. The Morgan fingerprint density at radius 3 is 2.61 bits per heavy atom. The van der Waals surface area contributed by atoms with Crippen molar-refractivity contribution in [1.82, 2.24) is 9.97 Å². The molecule has 0 spiro atoms. The third-order valence-corrected chi connectivity index (χ3v) is 2.36. The van der Waals surface area contributed by atoms with E-state index in [1.807, 2.05) is 0 Å². The van der Waals surface area contributed by atoms with Gasteiger partial charge in [-0.05, 0) is 25.1 Å². The number of halogens is 2. The maximum Gasteiger partial charge on any atom is 0.187 e. The van der Waals surface area contributed by atoms with Gasteiger partial charge in [0.05, 0.1) is 5.69 Å². The first kappa shape index (κ1) is 12.2. The van der Waals surface area contributed by atoms with Crippen molar-refractivity contribution in [3.63, 3.8) is 0 Å². The summed E-state index contributed by atoms with van der Waals surface area (Å²) in [7, 11) is 0. The Labute approximate surface area is 101 Å². The van der Waals surface area contributed by atoms with E-state index >= 15 is 0 Å². The lowest BCUT2D eigenvalue weighted by atomic mass is 10.2. The van der Waals surface area contributed by atoms with Crippen LogP contribution in [0.4, 0.5) is 14.6 Å². The zero-order chi connectivity index (χ0) is 13.3. The van der Waals surface area contributed by atoms with E-state index in [1.165, 1.54) is 19.1 Å². The van der Waals surface area contributed by atoms with Crippen LogP contribution in [0.2, 0.25) is 0 Å². The zero-order valence-electron chi connectivity index (χ0n) is 9.41. The van der Waals surface area contributed by atoms with Gasteiger partial charge in [-0.2, -0.15) is 0 Å². The van der Waals surface area contributed by atoms with Crippen LogP contribution in [0.3, 0.4) is 0 Å². The summed E-state index contributed by atoms with van der Waals surface area (Å²) < 4.78 is 26.7. The summed E-state index contributed by atoms with van der Waals surface area (Å²) in [5.41, 5.74) is 2.50. The first-order valence-corrected chi connectivity index (χ1v) is 5.02. The second-order valence-electron chi connectivity index (χ2n) is 3.61. The topological polar surface area (TPSA) is 84.1 Å². The van der Waals surface area contributed by atoms with Gasteiger partial charge < -0.3 is 10.5 Å². The van der Waals surface area contributed by atoms with Crippen LogP contribution >= 0.6 is 0 Å². The molecule has 4 N–H and O–H groups in total. The monoisotopic (exact) mass is 252 g/mol. The van der Waals surface area contributed by atoms with E-state index in [1.54, 1.807) is 0 Å². The Morgan fingerprint density at radius 2 is 2.00 bits per heavy atom. The number of phenolic OH excluding ortho intramolecular Hbond substituents is 1. The van der Waals surface area contributed by atoms with Gasteiger partial charge in [0.1, 0.15) is 0 Å². The Morgan fingerprint density at radius 1 is 1.28 bits per heavy atom. The molecule has 0 bridgehead atoms. The average molecular weight is 252 g/mol. The second-order valence-corrected chi connectivity index (χ2v) is 3.61. The van der Waals surface area contributed by atoms with Crippen molar-refractivity contribution >= 4 is 5.82 Å². The van der Waals surface area contributed by atoms with Crippen LogP contribution in [-0.2, 0) is 0 Å². The molecular weight excluding hydrogens is 242 g/mol. The van der Waals surface area contributed by atoms with E-state index in [2.05, 4.69) is 15.4 Å². The van der Waals surface area contributed by atoms with Gasteiger partial charge in [0.2, 0.25) is 0 Å². The minimum atomic E-state index is -0.805. The van der Waals surface area contributed by atoms with E-state index in [0.29, 0.717) is 5.56 Å². The number of benzene rings is 1. The highest BCUT2D eigenvalue weighted by atomic mass is 19.1. The Bertz CT molecular complexity index is 604. The fourth-order valence-electron chi connectivity index (χ4n) is 1.43. The van der Waals surface area contributed by atoms with E-state index in [-0.39, 0.29) is 17.3 Å². The second kappa shape index (κ2) is 4.53. The lowest BCUT2D eigenvalue weighted by Crippen LogP contribution is -2.13. The summed E-state index contributed by atoms with van der Waals surface area (Å²) in [5.74, 6) is 3.11. The smallest absolute Gasteiger partial charge is 0.187 e. The third-order valence-electron chi connectivity index (χ3n) is 2.36. The van der Waals surface area contributed by atoms with Crippen molar-refractivity contribution in [3.8, 4) is 17.1 Å². The minimum Gasteiger partial charge on any atom is -0.505 e. The molecule has 0 aliphatic heterocycles. The molecule has 0 aliphatic rings. The number of nitrogens with zero attached hydrogens (tertiary/aromatic N) is 2. The first-order valence-electron chi connectivity index (χ1n) is 5.02. The van der Waals surface area contributed by atoms with E-state index in [0.717, 1.165) is 6.07 Å². The number of hydrogen-bond donors (Lipinski definition) is 3. The highest BCUT2D eigenvalue weighted by Crippen LogP contribution is 2.24. The number of phenols is 1. The number of hydrazine groups is 1. The van der Waals surface area contributed by atoms with Crippen LogP contribution in [0.1, 0.15) is 5.69 Å². The van der Waals surface area contributed by atoms with Crippen LogP contribution < -0.4 is 11.3 Å². The molecular formula is C11H10F2N4O. The fraction of sp³-hybridized carbons (Fsp3) is 0.0909. The molecule has 0 unspecified atom stereocenters. The summed E-state index contributed by atoms with van der Waals surface area (Å²) in [5, 5.41) is 9.08. The molecule has 0 aliphatic carbocycles. The quantitative estimate of drug-likeness (QED) is 0.560. The maximum absolute atomic E-state index is 13.5. The van der Waals surface area contributed by atoms with Gasteiger partial charge in [-0.25, -0.2) is 24.6 Å². The number of rotatable bonds is 2. The van der Waals surface area contributed by atoms with Crippen molar-refractivity contribution in [3.05, 3.63) is 35.5 Å². The van der Waals surface area contributed by atoms with Crippen LogP contribution in [0, 0.1) is 18.6 Å². The minimum absolute atomic E-state index is 0.0847. The van der Waals surface area contributed by atoms with Crippen LogP contribution in [0.15, 0.2) is 18.2 Å². The molecule has 1 aromatic carbocycles. The van der Waals surface area contributed by atoms with E-state index in [4.69, 9.17) is 10.9 Å². The molecule has 5 nitrogen and oxygen atoms in total. The Balaban J connectivity index is 2.57. The molecule has 7 heteroatoms. The maximum atomic E-state index is 13.5. The van der Waals surface area contributed by atoms with Crippen LogP contribution in [0.5, 0.6) is 5.75 Å². The van der Waals surface area contributed by atoms with E-state index < -0.39 is 17.4 Å². The van der Waals surface area contributed by atoms with Gasteiger partial charge >= 0.3 is 0 Å². The highest BCUT2D eigenvalue weighted by Gasteiger charge is 2.13. The Kier molecular flexibility index (Phi) is 3.07. The summed E-state index contributed by atoms with van der Waals surface area (Å²) in [6.07, 6.45) is 0. The van der Waals surface area contributed by atoms with Gasteiger partial charge in [-0.3, -0.25) is 0 Å². The molecule has 0 saturated carbocycles. The number of aromatic nitrogens is 2. The van der Waals surface area contributed by atoms with Gasteiger partial charge in [0.25, 0.3) is 0 Å². The van der Waals surface area contributed by atoms with Crippen molar-refractivity contribution in [2.75, 3.05) is 5.43 Å². The molecule has 2 aromatic rings. The predicted octanol–water partition coefficient (Wildman–Crippen LogP) is 1.72. The molecule has 0 amide bonds. The lowest BCUT2D eigenvalue weighted by Gasteiger charge is -2.07. The van der Waals surface area contributed by atoms with Crippen LogP contribution in [-0.4, -0.2) is 15.1 Å². The Hall–Kier alpha value is -2.28. The molecule has 0 atom stereocenters. The normalized spacial score (nSPS) is 10.4. The van der Waals surface area contributed by atoms with Gasteiger partial charge in [-0.15, -0.1) is 0 Å². The third kappa shape index (κ3) is 2.07. The number of anilines is 1. The van der Waals surface area contributed by atoms with Gasteiger partial charge in [0, 0.05) is 5.56 Å². The molecule has 0 radical (unpaired) electrons. The zero-order valence-corrected chi connectivity index (χ0v) is 9.41. The molecule has 0 saturated heterocycles. The number of hydrogen-bond acceptors (Lipinski definition) is 5. The summed E-state index contributed by atoms with van der Waals surface area (Å²) in [6.45, 7) is 1.44. The summed E-state index contributed by atoms with van der Waals surface area (Å²) in [6, 6.07) is 3.65. The van der Waals surface area contributed by atoms with Gasteiger partial charge in [-0.1, -0.05) is 0 Å². The van der Waals surface area contributed by atoms with Crippen molar-refractivity contribution in [1.29, 1.82) is 0 Å². The number of aromatic hydroxyl groups is 1. The number of nitrogens with one attached hydrogen (secondary N) is 1. The number of aryl methyl sites for hydroxylation is 1. The summed E-state index contributed by atoms with van der Waals surface area (Å²) in [4.78, 5) is 7.71. The van der Waals surface area contributed by atoms with Crippen molar-refractivity contribution in [2.45, 2.75) is 6.92 Å². The molecule has 2 rings (SSSR count). The predicted molar refractivity (Wildman–Crippen MR) is 61.6 cm³/mol. The van der Waals surface area contributed by atoms with Crippen molar-refractivity contribution in [2.24, 2.45) is 5.84 Å². The summed E-state index contributed by atoms with van der Waals surface area (Å²) >= 11 is 0. The largest absolute Gasteiger partial charge is 0.505 e. The fourth-order valence-corrected chi connectivity index (χ4v) is 1.43. The first-order chi connectivity index (χ1) is 8.52. The molecule has 1 heterocycles. The lowest BCUT2D eigenvalue weighted by molar-refractivity contribution is 0.432. The standard InChI is InChI=1S/C11H10F2N4O/c1-5-9(13)11(17-14)16-10(15-5)6-2-3-8(18)7(12)4-6/h2-4,18H,14H2,1H3,(H,15,16,17). The molecule has 94 valence electrons. The molecule has 0 fully saturated rings. The average Bonchev–Trinajstić information content (AvgIpc) is 2.36. The van der Waals surface area contributed by atoms with Gasteiger partial charge in [0.15, 0.2) is 29.0 Å². The molecule has 1 aromatic heterocycles. The number of nitrogens with two attached hydrogens (primary N) is 1.